The molecule has 5 heteroatoms. The van der Waals surface area contributed by atoms with Crippen molar-refractivity contribution in [2.75, 3.05) is 19.0 Å². The third-order valence-electron chi connectivity index (χ3n) is 2.19. The van der Waals surface area contributed by atoms with Gasteiger partial charge >= 0.3 is 0 Å². The Kier molecular flexibility index (Phi) is 5.06. The first-order valence-electron chi connectivity index (χ1n) is 6.03. The molecule has 1 aromatic carbocycles. The van der Waals surface area contributed by atoms with Crippen molar-refractivity contribution in [1.29, 1.82) is 0 Å². The number of hydrogen-bond acceptors (Lipinski definition) is 3. The SMILES string of the molecule is COCC(=O)Nc1ccc(C(=O)NC(C)(C)C)cc1. The largest absolute Gasteiger partial charge is 0.375 e. The van der Waals surface area contributed by atoms with Crippen LogP contribution in [-0.4, -0.2) is 31.1 Å². The van der Waals surface area contributed by atoms with Gasteiger partial charge in [-0.25, -0.2) is 0 Å². The van der Waals surface area contributed by atoms with Gasteiger partial charge in [0.2, 0.25) is 5.91 Å². The second-order valence-corrected chi connectivity index (χ2v) is 5.26. The minimum atomic E-state index is -0.275. The Morgan fingerprint density at radius 2 is 1.74 bits per heavy atom. The predicted molar refractivity (Wildman–Crippen MR) is 74.2 cm³/mol. The van der Waals surface area contributed by atoms with Crippen LogP contribution in [0.2, 0.25) is 0 Å². The molecular weight excluding hydrogens is 244 g/mol. The maximum absolute atomic E-state index is 11.9. The van der Waals surface area contributed by atoms with Gasteiger partial charge in [-0.3, -0.25) is 9.59 Å². The van der Waals surface area contributed by atoms with E-state index < -0.39 is 0 Å². The Hall–Kier alpha value is -1.88. The number of methoxy groups -OCH3 is 1. The maximum atomic E-state index is 11.9. The second kappa shape index (κ2) is 6.33. The first kappa shape index (κ1) is 15.2. The standard InChI is InChI=1S/C14H20N2O3/c1-14(2,3)16-13(18)10-5-7-11(8-6-10)15-12(17)9-19-4/h5-8H,9H2,1-4H3,(H,15,17)(H,16,18). The summed E-state index contributed by atoms with van der Waals surface area (Å²) in [6.45, 7) is 5.77. The molecule has 1 aromatic rings. The summed E-state index contributed by atoms with van der Waals surface area (Å²) >= 11 is 0. The fourth-order valence-corrected chi connectivity index (χ4v) is 1.45. The van der Waals surface area contributed by atoms with E-state index in [1.165, 1.54) is 7.11 Å². The average Bonchev–Trinajstić information content (AvgIpc) is 2.27. The highest BCUT2D eigenvalue weighted by Crippen LogP contribution is 2.11. The van der Waals surface area contributed by atoms with Crippen molar-refractivity contribution in [3.8, 4) is 0 Å². The lowest BCUT2D eigenvalue weighted by Gasteiger charge is -2.20. The van der Waals surface area contributed by atoms with Gasteiger partial charge in [0.1, 0.15) is 6.61 Å². The molecule has 0 aliphatic heterocycles. The van der Waals surface area contributed by atoms with Crippen LogP contribution < -0.4 is 10.6 Å². The molecule has 19 heavy (non-hydrogen) atoms. The summed E-state index contributed by atoms with van der Waals surface area (Å²) in [6.07, 6.45) is 0. The number of hydrogen-bond donors (Lipinski definition) is 2. The van der Waals surface area contributed by atoms with Gasteiger partial charge in [-0.1, -0.05) is 0 Å². The van der Waals surface area contributed by atoms with Crippen LogP contribution in [0.5, 0.6) is 0 Å². The van der Waals surface area contributed by atoms with Crippen LogP contribution in [0.15, 0.2) is 24.3 Å². The molecule has 0 heterocycles. The summed E-state index contributed by atoms with van der Waals surface area (Å²) in [7, 11) is 1.46. The highest BCUT2D eigenvalue weighted by molar-refractivity contribution is 5.96. The van der Waals surface area contributed by atoms with Crippen LogP contribution in [0, 0.1) is 0 Å². The third-order valence-corrected chi connectivity index (χ3v) is 2.19. The number of anilines is 1. The molecule has 0 saturated carbocycles. The minimum Gasteiger partial charge on any atom is -0.375 e. The Labute approximate surface area is 113 Å². The smallest absolute Gasteiger partial charge is 0.251 e. The number of carbonyl (C=O) groups excluding carboxylic acids is 2. The van der Waals surface area contributed by atoms with Crippen molar-refractivity contribution in [2.24, 2.45) is 0 Å². The van der Waals surface area contributed by atoms with Crippen LogP contribution in [0.4, 0.5) is 5.69 Å². The van der Waals surface area contributed by atoms with Crippen LogP contribution in [0.3, 0.4) is 0 Å². The molecule has 0 fully saturated rings. The summed E-state index contributed by atoms with van der Waals surface area (Å²) in [5.74, 6) is -0.364. The van der Waals surface area contributed by atoms with E-state index in [0.29, 0.717) is 11.3 Å². The fourth-order valence-electron chi connectivity index (χ4n) is 1.45. The molecule has 0 atom stereocenters. The van der Waals surface area contributed by atoms with Gasteiger partial charge in [0, 0.05) is 23.9 Å². The lowest BCUT2D eigenvalue weighted by Crippen LogP contribution is -2.40. The number of benzene rings is 1. The van der Waals surface area contributed by atoms with E-state index in [1.54, 1.807) is 24.3 Å². The highest BCUT2D eigenvalue weighted by Gasteiger charge is 2.15. The maximum Gasteiger partial charge on any atom is 0.251 e. The number of ether oxygens (including phenoxy) is 1. The van der Waals surface area contributed by atoms with E-state index in [0.717, 1.165) is 0 Å². The van der Waals surface area contributed by atoms with Crippen LogP contribution in [0.25, 0.3) is 0 Å². The monoisotopic (exact) mass is 264 g/mol. The zero-order valence-electron chi connectivity index (χ0n) is 11.7. The van der Waals surface area contributed by atoms with E-state index in [1.807, 2.05) is 20.8 Å². The van der Waals surface area contributed by atoms with E-state index in [2.05, 4.69) is 10.6 Å². The molecule has 2 amide bonds. The minimum absolute atomic E-state index is 0.00621. The van der Waals surface area contributed by atoms with Gasteiger partial charge < -0.3 is 15.4 Å². The van der Waals surface area contributed by atoms with Gasteiger partial charge in [-0.05, 0) is 45.0 Å². The molecular formula is C14H20N2O3. The Morgan fingerprint density at radius 3 is 2.21 bits per heavy atom. The fraction of sp³-hybridized carbons (Fsp3) is 0.429. The molecule has 0 aliphatic rings. The molecule has 0 bridgehead atoms. The Bertz CT molecular complexity index is 447. The van der Waals surface area contributed by atoms with Crippen molar-refractivity contribution >= 4 is 17.5 Å². The second-order valence-electron chi connectivity index (χ2n) is 5.26. The summed E-state index contributed by atoms with van der Waals surface area (Å²) in [5.41, 5.74) is 0.914. The first-order valence-corrected chi connectivity index (χ1v) is 6.03. The number of rotatable bonds is 4. The first-order chi connectivity index (χ1) is 8.81. The third kappa shape index (κ3) is 5.52. The lowest BCUT2D eigenvalue weighted by molar-refractivity contribution is -0.119. The molecule has 5 nitrogen and oxygen atoms in total. The van der Waals surface area contributed by atoms with Gasteiger partial charge in [-0.2, -0.15) is 0 Å². The molecule has 104 valence electrons. The molecule has 0 saturated heterocycles. The number of nitrogens with one attached hydrogen (secondary N) is 2. The van der Waals surface area contributed by atoms with Crippen molar-refractivity contribution in [1.82, 2.24) is 5.32 Å². The molecule has 1 rings (SSSR count). The van der Waals surface area contributed by atoms with Crippen LogP contribution in [0.1, 0.15) is 31.1 Å². The lowest BCUT2D eigenvalue weighted by atomic mass is 10.1. The highest BCUT2D eigenvalue weighted by atomic mass is 16.5. The molecule has 0 aliphatic carbocycles. The van der Waals surface area contributed by atoms with Crippen LogP contribution >= 0.6 is 0 Å². The predicted octanol–water partition coefficient (Wildman–Crippen LogP) is 1.80. The molecule has 0 spiro atoms. The molecule has 0 aromatic heterocycles. The quantitative estimate of drug-likeness (QED) is 0.871. The molecule has 2 N–H and O–H groups in total. The summed E-state index contributed by atoms with van der Waals surface area (Å²) in [6, 6.07) is 6.71. The van der Waals surface area contributed by atoms with Gasteiger partial charge in [0.05, 0.1) is 0 Å². The van der Waals surface area contributed by atoms with E-state index in [4.69, 9.17) is 4.74 Å². The molecule has 0 radical (unpaired) electrons. The van der Waals surface area contributed by atoms with Crippen LogP contribution in [-0.2, 0) is 9.53 Å². The summed E-state index contributed by atoms with van der Waals surface area (Å²) in [5, 5.41) is 5.53. The average molecular weight is 264 g/mol. The summed E-state index contributed by atoms with van der Waals surface area (Å²) < 4.78 is 4.72. The van der Waals surface area contributed by atoms with Gasteiger partial charge in [-0.15, -0.1) is 0 Å². The normalized spacial score (nSPS) is 10.9. The number of carbonyl (C=O) groups is 2. The zero-order valence-corrected chi connectivity index (χ0v) is 11.7. The topological polar surface area (TPSA) is 67.4 Å². The zero-order chi connectivity index (χ0) is 14.5. The van der Waals surface area contributed by atoms with Crippen molar-refractivity contribution < 1.29 is 14.3 Å². The Balaban J connectivity index is 2.66. The van der Waals surface area contributed by atoms with Crippen molar-refractivity contribution in [2.45, 2.75) is 26.3 Å². The van der Waals surface area contributed by atoms with Gasteiger partial charge in [0.25, 0.3) is 5.91 Å². The number of amides is 2. The van der Waals surface area contributed by atoms with E-state index in [9.17, 15) is 9.59 Å². The van der Waals surface area contributed by atoms with E-state index in [-0.39, 0.29) is 24.0 Å². The summed E-state index contributed by atoms with van der Waals surface area (Å²) in [4.78, 5) is 23.2. The van der Waals surface area contributed by atoms with Gasteiger partial charge in [0.15, 0.2) is 0 Å². The van der Waals surface area contributed by atoms with Crippen molar-refractivity contribution in [3.05, 3.63) is 29.8 Å². The molecule has 0 unspecified atom stereocenters. The van der Waals surface area contributed by atoms with E-state index >= 15 is 0 Å². The Morgan fingerprint density at radius 1 is 1.16 bits per heavy atom. The van der Waals surface area contributed by atoms with Crippen molar-refractivity contribution in [3.63, 3.8) is 0 Å².